The van der Waals surface area contributed by atoms with E-state index in [2.05, 4.69) is 24.3 Å². The van der Waals surface area contributed by atoms with Gasteiger partial charge in [0.15, 0.2) is 0 Å². The SMILES string of the molecule is O=C(O)CN1C(=O)/C(=C\c2cccn2-c2ccc3ccccc3c2)SC1=S. The Kier molecular flexibility index (Phi) is 4.55. The number of nitrogens with zero attached hydrogens (tertiary/aromatic N) is 2. The average molecular weight is 394 g/mol. The van der Waals surface area contributed by atoms with Crippen LogP contribution in [0, 0.1) is 0 Å². The molecule has 134 valence electrons. The largest absolute Gasteiger partial charge is 0.480 e. The Labute approximate surface area is 164 Å². The van der Waals surface area contributed by atoms with Crippen molar-refractivity contribution in [2.75, 3.05) is 6.54 Å². The molecule has 2 heterocycles. The number of carboxylic acids is 1. The first-order valence-corrected chi connectivity index (χ1v) is 9.39. The fourth-order valence-electron chi connectivity index (χ4n) is 2.98. The molecule has 0 radical (unpaired) electrons. The van der Waals surface area contributed by atoms with E-state index in [1.54, 1.807) is 6.08 Å². The Hall–Kier alpha value is -2.90. The highest BCUT2D eigenvalue weighted by molar-refractivity contribution is 8.26. The molecule has 5 nitrogen and oxygen atoms in total. The van der Waals surface area contributed by atoms with Crippen molar-refractivity contribution < 1.29 is 14.7 Å². The minimum absolute atomic E-state index is 0.262. The molecule has 1 saturated heterocycles. The van der Waals surface area contributed by atoms with Crippen LogP contribution < -0.4 is 0 Å². The smallest absolute Gasteiger partial charge is 0.323 e. The molecule has 27 heavy (non-hydrogen) atoms. The maximum atomic E-state index is 12.5. The first-order valence-electron chi connectivity index (χ1n) is 8.16. The highest BCUT2D eigenvalue weighted by Crippen LogP contribution is 2.33. The molecular weight excluding hydrogens is 380 g/mol. The predicted octanol–water partition coefficient (Wildman–Crippen LogP) is 3.92. The average Bonchev–Trinajstić information content (AvgIpc) is 3.21. The third-order valence-electron chi connectivity index (χ3n) is 4.24. The zero-order chi connectivity index (χ0) is 19.0. The molecular formula is C20H14N2O3S2. The number of carbonyl (C=O) groups excluding carboxylic acids is 1. The van der Waals surface area contributed by atoms with Gasteiger partial charge in [0.05, 0.1) is 4.91 Å². The number of aliphatic carboxylic acids is 1. The van der Waals surface area contributed by atoms with Gasteiger partial charge in [-0.3, -0.25) is 14.5 Å². The van der Waals surface area contributed by atoms with E-state index in [4.69, 9.17) is 17.3 Å². The quantitative estimate of drug-likeness (QED) is 0.537. The summed E-state index contributed by atoms with van der Waals surface area (Å²) in [6.07, 6.45) is 3.67. The van der Waals surface area contributed by atoms with Crippen molar-refractivity contribution in [2.24, 2.45) is 0 Å². The lowest BCUT2D eigenvalue weighted by molar-refractivity contribution is -0.140. The van der Waals surface area contributed by atoms with Gasteiger partial charge in [-0.25, -0.2) is 0 Å². The maximum absolute atomic E-state index is 12.5. The third-order valence-corrected chi connectivity index (χ3v) is 5.62. The van der Waals surface area contributed by atoms with E-state index in [1.165, 1.54) is 0 Å². The molecule has 0 saturated carbocycles. The number of thiocarbonyl (C=S) groups is 1. The van der Waals surface area contributed by atoms with Crippen LogP contribution in [0.25, 0.3) is 22.5 Å². The van der Waals surface area contributed by atoms with Crippen molar-refractivity contribution in [2.45, 2.75) is 0 Å². The number of aromatic nitrogens is 1. The molecule has 2 aromatic carbocycles. The van der Waals surface area contributed by atoms with Crippen molar-refractivity contribution in [1.29, 1.82) is 0 Å². The Morgan fingerprint density at radius 1 is 1.11 bits per heavy atom. The molecule has 1 fully saturated rings. The summed E-state index contributed by atoms with van der Waals surface area (Å²) in [5, 5.41) is 11.2. The van der Waals surface area contributed by atoms with Gasteiger partial charge < -0.3 is 9.67 Å². The minimum atomic E-state index is -1.09. The summed E-state index contributed by atoms with van der Waals surface area (Å²) in [6, 6.07) is 18.1. The number of fused-ring (bicyclic) bond motifs is 1. The Morgan fingerprint density at radius 2 is 1.89 bits per heavy atom. The van der Waals surface area contributed by atoms with Crippen molar-refractivity contribution in [1.82, 2.24) is 9.47 Å². The molecule has 7 heteroatoms. The second kappa shape index (κ2) is 7.02. The number of hydrogen-bond acceptors (Lipinski definition) is 4. The van der Waals surface area contributed by atoms with Crippen LogP contribution in [0.1, 0.15) is 5.69 Å². The van der Waals surface area contributed by atoms with Gasteiger partial charge in [0.2, 0.25) is 0 Å². The minimum Gasteiger partial charge on any atom is -0.480 e. The number of carboxylic acid groups (broad SMARTS) is 1. The topological polar surface area (TPSA) is 62.5 Å². The Morgan fingerprint density at radius 3 is 2.67 bits per heavy atom. The van der Waals surface area contributed by atoms with Crippen LogP contribution in [0.5, 0.6) is 0 Å². The fraction of sp³-hybridized carbons (Fsp3) is 0.0500. The number of carbonyl (C=O) groups is 2. The van der Waals surface area contributed by atoms with E-state index in [-0.39, 0.29) is 10.2 Å². The van der Waals surface area contributed by atoms with Gasteiger partial charge in [-0.15, -0.1) is 0 Å². The van der Waals surface area contributed by atoms with Crippen molar-refractivity contribution >= 4 is 57.0 Å². The lowest BCUT2D eigenvalue weighted by Gasteiger charge is -2.10. The molecule has 0 spiro atoms. The number of thioether (sulfide) groups is 1. The Balaban J connectivity index is 1.69. The molecule has 0 unspecified atom stereocenters. The summed E-state index contributed by atoms with van der Waals surface area (Å²) < 4.78 is 2.24. The number of amides is 1. The van der Waals surface area contributed by atoms with Crippen LogP contribution in [0.3, 0.4) is 0 Å². The summed E-state index contributed by atoms with van der Waals surface area (Å²) in [6.45, 7) is -0.423. The molecule has 1 aromatic heterocycles. The highest BCUT2D eigenvalue weighted by Gasteiger charge is 2.33. The van der Waals surface area contributed by atoms with Crippen LogP contribution >= 0.6 is 24.0 Å². The summed E-state index contributed by atoms with van der Waals surface area (Å²) in [4.78, 5) is 24.9. The van der Waals surface area contributed by atoms with E-state index in [0.29, 0.717) is 4.91 Å². The molecule has 1 aliphatic rings. The van der Waals surface area contributed by atoms with Crippen LogP contribution in [-0.4, -0.2) is 37.3 Å². The summed E-state index contributed by atoms with van der Waals surface area (Å²) in [5.74, 6) is -1.47. The van der Waals surface area contributed by atoms with Gasteiger partial charge in [0, 0.05) is 17.6 Å². The monoisotopic (exact) mass is 394 g/mol. The standard InChI is InChI=1S/C20H14N2O3S2/c23-18(24)12-22-19(25)17(27-20(22)26)11-15-6-3-9-21(15)16-8-7-13-4-1-2-5-14(13)10-16/h1-11H,12H2,(H,23,24)/b17-11+. The first-order chi connectivity index (χ1) is 13.0. The molecule has 0 aliphatic carbocycles. The molecule has 3 aromatic rings. The van der Waals surface area contributed by atoms with E-state index in [1.807, 2.05) is 41.1 Å². The zero-order valence-electron chi connectivity index (χ0n) is 14.0. The molecule has 1 aliphatic heterocycles. The number of benzene rings is 2. The normalized spacial score (nSPS) is 15.9. The van der Waals surface area contributed by atoms with Crippen LogP contribution in [-0.2, 0) is 9.59 Å². The Bertz CT molecular complexity index is 1120. The molecule has 4 rings (SSSR count). The number of rotatable bonds is 4. The van der Waals surface area contributed by atoms with Gasteiger partial charge in [0.25, 0.3) is 5.91 Å². The maximum Gasteiger partial charge on any atom is 0.323 e. The van der Waals surface area contributed by atoms with Gasteiger partial charge in [-0.05, 0) is 41.1 Å². The zero-order valence-corrected chi connectivity index (χ0v) is 15.7. The van der Waals surface area contributed by atoms with Gasteiger partial charge in [0.1, 0.15) is 10.9 Å². The molecule has 0 bridgehead atoms. The molecule has 0 atom stereocenters. The van der Waals surface area contributed by atoms with Crippen LogP contribution in [0.15, 0.2) is 65.7 Å². The lowest BCUT2D eigenvalue weighted by Crippen LogP contribution is -2.33. The van der Waals surface area contributed by atoms with E-state index < -0.39 is 12.5 Å². The predicted molar refractivity (Wildman–Crippen MR) is 111 cm³/mol. The van der Waals surface area contributed by atoms with Crippen molar-refractivity contribution in [3.05, 3.63) is 71.4 Å². The van der Waals surface area contributed by atoms with Crippen molar-refractivity contribution in [3.63, 3.8) is 0 Å². The lowest BCUT2D eigenvalue weighted by atomic mass is 10.1. The van der Waals surface area contributed by atoms with Gasteiger partial charge in [-0.1, -0.05) is 54.3 Å². The second-order valence-corrected chi connectivity index (χ2v) is 7.67. The second-order valence-electron chi connectivity index (χ2n) is 6.00. The van der Waals surface area contributed by atoms with Gasteiger partial charge in [-0.2, -0.15) is 0 Å². The summed E-state index contributed by atoms with van der Waals surface area (Å²) >= 11 is 6.27. The summed E-state index contributed by atoms with van der Waals surface area (Å²) in [7, 11) is 0. The van der Waals surface area contributed by atoms with Gasteiger partial charge >= 0.3 is 5.97 Å². The van der Waals surface area contributed by atoms with E-state index >= 15 is 0 Å². The van der Waals surface area contributed by atoms with E-state index in [0.717, 1.165) is 38.8 Å². The highest BCUT2D eigenvalue weighted by atomic mass is 32.2. The van der Waals surface area contributed by atoms with Crippen LogP contribution in [0.2, 0.25) is 0 Å². The molecule has 1 amide bonds. The molecule has 1 N–H and O–H groups in total. The first kappa shape index (κ1) is 17.5. The van der Waals surface area contributed by atoms with E-state index in [9.17, 15) is 9.59 Å². The van der Waals surface area contributed by atoms with Crippen molar-refractivity contribution in [3.8, 4) is 5.69 Å². The number of hydrogen-bond donors (Lipinski definition) is 1. The summed E-state index contributed by atoms with van der Waals surface area (Å²) in [5.41, 5.74) is 1.80. The fourth-order valence-corrected chi connectivity index (χ4v) is 4.22. The third kappa shape index (κ3) is 3.39. The van der Waals surface area contributed by atoms with Crippen LogP contribution in [0.4, 0.5) is 0 Å².